The maximum absolute atomic E-state index is 14.4. The first-order valence-corrected chi connectivity index (χ1v) is 11.2. The van der Waals surface area contributed by atoms with Crippen LogP contribution in [0.4, 0.5) is 14.5 Å². The van der Waals surface area contributed by atoms with Crippen molar-refractivity contribution in [3.05, 3.63) is 89.5 Å². The van der Waals surface area contributed by atoms with Gasteiger partial charge in [0.1, 0.15) is 11.6 Å². The molecule has 3 aromatic rings. The number of hydrogen-bond donors (Lipinski definition) is 1. The van der Waals surface area contributed by atoms with Gasteiger partial charge in [0.25, 0.3) is 0 Å². The van der Waals surface area contributed by atoms with E-state index in [0.29, 0.717) is 17.0 Å². The van der Waals surface area contributed by atoms with Crippen LogP contribution in [0.25, 0.3) is 0 Å². The molecule has 0 bridgehead atoms. The van der Waals surface area contributed by atoms with Crippen molar-refractivity contribution < 1.29 is 13.6 Å². The molecular formula is C23H21F2NOS2. The molecule has 0 unspecified atom stereocenters. The fraction of sp³-hybridized carbons (Fsp3) is 0.174. The van der Waals surface area contributed by atoms with Crippen LogP contribution in [-0.2, 0) is 17.0 Å². The molecule has 0 aliphatic carbocycles. The van der Waals surface area contributed by atoms with Crippen molar-refractivity contribution in [1.82, 2.24) is 0 Å². The topological polar surface area (TPSA) is 29.1 Å². The fourth-order valence-electron chi connectivity index (χ4n) is 2.69. The SMILES string of the molecule is CCSc1ccc(CC(=O)Nc2ccc(CSc3ccc(F)cc3)c(F)c2)cc1. The van der Waals surface area contributed by atoms with Crippen LogP contribution in [0.3, 0.4) is 0 Å². The molecule has 29 heavy (non-hydrogen) atoms. The van der Waals surface area contributed by atoms with Crippen LogP contribution in [-0.4, -0.2) is 11.7 Å². The van der Waals surface area contributed by atoms with Gasteiger partial charge >= 0.3 is 0 Å². The second kappa shape index (κ2) is 10.5. The number of amides is 1. The van der Waals surface area contributed by atoms with E-state index in [-0.39, 0.29) is 24.0 Å². The summed E-state index contributed by atoms with van der Waals surface area (Å²) in [5, 5.41) is 2.75. The predicted molar refractivity (Wildman–Crippen MR) is 118 cm³/mol. The summed E-state index contributed by atoms with van der Waals surface area (Å²) in [7, 11) is 0. The highest BCUT2D eigenvalue weighted by Gasteiger charge is 2.08. The van der Waals surface area contributed by atoms with E-state index >= 15 is 0 Å². The zero-order chi connectivity index (χ0) is 20.6. The lowest BCUT2D eigenvalue weighted by Crippen LogP contribution is -2.14. The van der Waals surface area contributed by atoms with E-state index in [9.17, 15) is 13.6 Å². The van der Waals surface area contributed by atoms with Gasteiger partial charge in [0, 0.05) is 21.2 Å². The van der Waals surface area contributed by atoms with Gasteiger partial charge in [-0.2, -0.15) is 0 Å². The Morgan fingerprint density at radius 1 is 0.897 bits per heavy atom. The Labute approximate surface area is 178 Å². The lowest BCUT2D eigenvalue weighted by atomic mass is 10.1. The molecule has 0 atom stereocenters. The van der Waals surface area contributed by atoms with Gasteiger partial charge in [-0.15, -0.1) is 23.5 Å². The molecule has 150 valence electrons. The molecule has 0 saturated heterocycles. The third-order valence-corrected chi connectivity index (χ3v) is 6.10. The number of carbonyl (C=O) groups is 1. The molecule has 0 aliphatic heterocycles. The van der Waals surface area contributed by atoms with Crippen LogP contribution in [0.5, 0.6) is 0 Å². The summed E-state index contributed by atoms with van der Waals surface area (Å²) in [6, 6.07) is 18.7. The monoisotopic (exact) mass is 429 g/mol. The number of halogens is 2. The average molecular weight is 430 g/mol. The first-order chi connectivity index (χ1) is 14.0. The Morgan fingerprint density at radius 2 is 1.55 bits per heavy atom. The second-order valence-corrected chi connectivity index (χ2v) is 8.74. The van der Waals surface area contributed by atoms with Gasteiger partial charge in [-0.3, -0.25) is 4.79 Å². The average Bonchev–Trinajstić information content (AvgIpc) is 2.70. The van der Waals surface area contributed by atoms with Crippen LogP contribution in [0.1, 0.15) is 18.1 Å². The Hall–Kier alpha value is -2.31. The smallest absolute Gasteiger partial charge is 0.228 e. The standard InChI is InChI=1S/C23H21F2NOS2/c1-2-28-20-9-3-16(4-10-20)13-23(27)26-19-8-5-17(22(25)14-19)15-29-21-11-6-18(24)7-12-21/h3-12,14H,2,13,15H2,1H3,(H,26,27). The fourth-order valence-corrected chi connectivity index (χ4v) is 4.24. The van der Waals surface area contributed by atoms with Crippen LogP contribution in [0.2, 0.25) is 0 Å². The maximum atomic E-state index is 14.4. The van der Waals surface area contributed by atoms with Gasteiger partial charge in [0.2, 0.25) is 5.91 Å². The normalized spacial score (nSPS) is 10.7. The third-order valence-electron chi connectivity index (χ3n) is 4.14. The van der Waals surface area contributed by atoms with Gasteiger partial charge in [-0.25, -0.2) is 8.78 Å². The van der Waals surface area contributed by atoms with Crippen LogP contribution >= 0.6 is 23.5 Å². The van der Waals surface area contributed by atoms with E-state index in [2.05, 4.69) is 12.2 Å². The van der Waals surface area contributed by atoms with E-state index in [4.69, 9.17) is 0 Å². The van der Waals surface area contributed by atoms with E-state index in [0.717, 1.165) is 16.2 Å². The van der Waals surface area contributed by atoms with Crippen molar-refractivity contribution in [3.63, 3.8) is 0 Å². The van der Waals surface area contributed by atoms with Crippen molar-refractivity contribution in [2.24, 2.45) is 0 Å². The summed E-state index contributed by atoms with van der Waals surface area (Å²) < 4.78 is 27.3. The first kappa shape index (κ1) is 21.4. The summed E-state index contributed by atoms with van der Waals surface area (Å²) in [6.45, 7) is 2.10. The number of hydrogen-bond acceptors (Lipinski definition) is 3. The van der Waals surface area contributed by atoms with Crippen molar-refractivity contribution in [2.75, 3.05) is 11.1 Å². The molecule has 0 fully saturated rings. The summed E-state index contributed by atoms with van der Waals surface area (Å²) in [5.41, 5.74) is 1.87. The van der Waals surface area contributed by atoms with Crippen LogP contribution in [0, 0.1) is 11.6 Å². The van der Waals surface area contributed by atoms with E-state index in [1.54, 1.807) is 36.0 Å². The molecule has 0 radical (unpaired) electrons. The van der Waals surface area contributed by atoms with Crippen molar-refractivity contribution >= 4 is 35.1 Å². The zero-order valence-corrected chi connectivity index (χ0v) is 17.6. The van der Waals surface area contributed by atoms with Gasteiger partial charge in [0.05, 0.1) is 6.42 Å². The van der Waals surface area contributed by atoms with Crippen molar-refractivity contribution in [1.29, 1.82) is 0 Å². The summed E-state index contributed by atoms with van der Waals surface area (Å²) in [4.78, 5) is 14.3. The number of rotatable bonds is 8. The molecule has 0 aromatic heterocycles. The number of benzene rings is 3. The molecule has 1 N–H and O–H groups in total. The maximum Gasteiger partial charge on any atom is 0.228 e. The van der Waals surface area contributed by atoms with Gasteiger partial charge in [-0.05, 0) is 65.4 Å². The molecule has 0 saturated carbocycles. The Kier molecular flexibility index (Phi) is 7.72. The predicted octanol–water partition coefficient (Wildman–Crippen LogP) is 6.55. The largest absolute Gasteiger partial charge is 0.326 e. The molecule has 0 aliphatic rings. The molecule has 0 heterocycles. The lowest BCUT2D eigenvalue weighted by Gasteiger charge is -2.09. The van der Waals surface area contributed by atoms with Crippen LogP contribution in [0.15, 0.2) is 76.5 Å². The molecule has 3 rings (SSSR count). The summed E-state index contributed by atoms with van der Waals surface area (Å²) in [5.74, 6) is 0.570. The zero-order valence-electron chi connectivity index (χ0n) is 16.0. The minimum atomic E-state index is -0.377. The quantitative estimate of drug-likeness (QED) is 0.412. The Morgan fingerprint density at radius 3 is 2.21 bits per heavy atom. The van der Waals surface area contributed by atoms with Gasteiger partial charge in [-0.1, -0.05) is 25.1 Å². The highest BCUT2D eigenvalue weighted by molar-refractivity contribution is 7.99. The Bertz CT molecular complexity index is 960. The molecular weight excluding hydrogens is 408 g/mol. The lowest BCUT2D eigenvalue weighted by molar-refractivity contribution is -0.115. The number of anilines is 1. The highest BCUT2D eigenvalue weighted by Crippen LogP contribution is 2.26. The molecule has 0 spiro atoms. The van der Waals surface area contributed by atoms with Gasteiger partial charge < -0.3 is 5.32 Å². The van der Waals surface area contributed by atoms with E-state index < -0.39 is 0 Å². The third kappa shape index (κ3) is 6.61. The van der Waals surface area contributed by atoms with E-state index in [1.165, 1.54) is 34.9 Å². The molecule has 3 aromatic carbocycles. The minimum Gasteiger partial charge on any atom is -0.326 e. The minimum absolute atomic E-state index is 0.186. The Balaban J connectivity index is 1.55. The second-order valence-electron chi connectivity index (χ2n) is 6.35. The van der Waals surface area contributed by atoms with Crippen molar-refractivity contribution in [2.45, 2.75) is 28.9 Å². The number of nitrogens with one attached hydrogen (secondary N) is 1. The molecule has 6 heteroatoms. The first-order valence-electron chi connectivity index (χ1n) is 9.22. The number of carbonyl (C=O) groups excluding carboxylic acids is 1. The summed E-state index contributed by atoms with van der Waals surface area (Å²) >= 11 is 3.18. The van der Waals surface area contributed by atoms with E-state index in [1.807, 2.05) is 24.3 Å². The van der Waals surface area contributed by atoms with Gasteiger partial charge in [0.15, 0.2) is 0 Å². The molecule has 2 nitrogen and oxygen atoms in total. The highest BCUT2D eigenvalue weighted by atomic mass is 32.2. The summed E-state index contributed by atoms with van der Waals surface area (Å²) in [6.07, 6.45) is 0.237. The number of thioether (sulfide) groups is 2. The van der Waals surface area contributed by atoms with Crippen molar-refractivity contribution in [3.8, 4) is 0 Å². The molecule has 1 amide bonds. The van der Waals surface area contributed by atoms with Crippen LogP contribution < -0.4 is 5.32 Å².